The maximum atomic E-state index is 12.8. The van der Waals surface area contributed by atoms with Gasteiger partial charge in [-0.05, 0) is 30.9 Å². The molecule has 0 atom stereocenters. The van der Waals surface area contributed by atoms with E-state index in [0.29, 0.717) is 12.1 Å². The monoisotopic (exact) mass is 406 g/mol. The summed E-state index contributed by atoms with van der Waals surface area (Å²) in [5.74, 6) is -0.808. The highest BCUT2D eigenvalue weighted by Crippen LogP contribution is 2.34. The molecule has 140 valence electrons. The minimum absolute atomic E-state index is 0.0549. The van der Waals surface area contributed by atoms with Crippen molar-refractivity contribution in [3.8, 4) is 0 Å². The maximum Gasteiger partial charge on any atom is 0.416 e. The summed E-state index contributed by atoms with van der Waals surface area (Å²) in [6, 6.07) is 1.88. The van der Waals surface area contributed by atoms with Crippen molar-refractivity contribution < 1.29 is 31.4 Å². The van der Waals surface area contributed by atoms with Gasteiger partial charge in [0.15, 0.2) is 0 Å². The summed E-state index contributed by atoms with van der Waals surface area (Å²) >= 11 is 5.75. The molecule has 1 aliphatic rings. The lowest BCUT2D eigenvalue weighted by molar-refractivity contribution is -0.357. The molecule has 1 aromatic rings. The zero-order chi connectivity index (χ0) is 19.5. The lowest BCUT2D eigenvalue weighted by Gasteiger charge is -2.18. The fourth-order valence-corrected chi connectivity index (χ4v) is 3.51. The van der Waals surface area contributed by atoms with Gasteiger partial charge in [-0.3, -0.25) is 0 Å². The SMILES string of the molecule is CCOC([O-])=C1C=CC=CC1=NS(=O)(=O)c1cc(C(F)(F)F)ccc1Cl. The van der Waals surface area contributed by atoms with E-state index in [1.807, 2.05) is 0 Å². The largest absolute Gasteiger partial charge is 0.613 e. The first kappa shape index (κ1) is 20.1. The van der Waals surface area contributed by atoms with Gasteiger partial charge < -0.3 is 9.84 Å². The Balaban J connectivity index is 2.58. The minimum Gasteiger partial charge on any atom is -0.613 e. The van der Waals surface area contributed by atoms with Gasteiger partial charge in [0.1, 0.15) is 4.90 Å². The van der Waals surface area contributed by atoms with E-state index in [1.165, 1.54) is 24.3 Å². The van der Waals surface area contributed by atoms with Crippen LogP contribution in [0.5, 0.6) is 0 Å². The number of ether oxygens (including phenoxy) is 1. The van der Waals surface area contributed by atoms with Crippen LogP contribution in [-0.4, -0.2) is 20.7 Å². The van der Waals surface area contributed by atoms with Gasteiger partial charge in [0, 0.05) is 5.57 Å². The van der Waals surface area contributed by atoms with Crippen molar-refractivity contribution in [3.05, 3.63) is 64.6 Å². The molecule has 0 aliphatic heterocycles. The van der Waals surface area contributed by atoms with Crippen molar-refractivity contribution >= 4 is 27.3 Å². The molecule has 0 N–H and O–H groups in total. The average molecular weight is 407 g/mol. The van der Waals surface area contributed by atoms with Crippen LogP contribution < -0.4 is 5.11 Å². The Hall–Kier alpha value is -2.26. The van der Waals surface area contributed by atoms with Crippen LogP contribution in [-0.2, 0) is 20.9 Å². The molecule has 0 aromatic heterocycles. The molecule has 0 fully saturated rings. The molecule has 0 bridgehead atoms. The predicted molar refractivity (Wildman–Crippen MR) is 88.0 cm³/mol. The van der Waals surface area contributed by atoms with E-state index in [1.54, 1.807) is 6.92 Å². The van der Waals surface area contributed by atoms with Gasteiger partial charge in [0.25, 0.3) is 10.0 Å². The van der Waals surface area contributed by atoms with E-state index >= 15 is 0 Å². The molecule has 0 amide bonds. The zero-order valence-corrected chi connectivity index (χ0v) is 14.8. The Morgan fingerprint density at radius 3 is 2.54 bits per heavy atom. The fourth-order valence-electron chi connectivity index (χ4n) is 1.99. The molecule has 0 spiro atoms. The van der Waals surface area contributed by atoms with Gasteiger partial charge in [0.05, 0.1) is 22.2 Å². The summed E-state index contributed by atoms with van der Waals surface area (Å²) in [7, 11) is -4.61. The first-order valence-electron chi connectivity index (χ1n) is 7.17. The molecule has 5 nitrogen and oxygen atoms in total. The van der Waals surface area contributed by atoms with E-state index in [9.17, 15) is 26.7 Å². The first-order chi connectivity index (χ1) is 12.1. The number of hydrogen-bond acceptors (Lipinski definition) is 4. The summed E-state index contributed by atoms with van der Waals surface area (Å²) in [5.41, 5.74) is -1.59. The van der Waals surface area contributed by atoms with Gasteiger partial charge in [-0.25, -0.2) is 0 Å². The summed E-state index contributed by atoms with van der Waals surface area (Å²) in [6.45, 7) is 1.62. The highest BCUT2D eigenvalue weighted by atomic mass is 35.5. The van der Waals surface area contributed by atoms with Crippen molar-refractivity contribution in [2.75, 3.05) is 6.61 Å². The van der Waals surface area contributed by atoms with Crippen LogP contribution in [0.4, 0.5) is 13.2 Å². The Labute approximate surface area is 152 Å². The lowest BCUT2D eigenvalue weighted by Crippen LogP contribution is -2.17. The molecular formula is C16H12ClF3NO4S-. The molecule has 1 aromatic carbocycles. The van der Waals surface area contributed by atoms with Gasteiger partial charge in [0.2, 0.25) is 0 Å². The topological polar surface area (TPSA) is 78.8 Å². The molecule has 2 rings (SSSR count). The van der Waals surface area contributed by atoms with Crippen LogP contribution in [0.2, 0.25) is 5.02 Å². The Bertz CT molecular complexity index is 931. The lowest BCUT2D eigenvalue weighted by atomic mass is 10.1. The van der Waals surface area contributed by atoms with Gasteiger partial charge in [-0.15, -0.1) is 0 Å². The highest BCUT2D eigenvalue weighted by Gasteiger charge is 2.32. The number of nitrogens with zero attached hydrogens (tertiary/aromatic N) is 1. The third-order valence-electron chi connectivity index (χ3n) is 3.15. The predicted octanol–water partition coefficient (Wildman–Crippen LogP) is 3.22. The van der Waals surface area contributed by atoms with E-state index in [-0.39, 0.29) is 17.9 Å². The third-order valence-corrected chi connectivity index (χ3v) is 4.93. The van der Waals surface area contributed by atoms with Crippen molar-refractivity contribution in [2.45, 2.75) is 18.0 Å². The van der Waals surface area contributed by atoms with Crippen LogP contribution in [0.25, 0.3) is 0 Å². The molecule has 26 heavy (non-hydrogen) atoms. The van der Waals surface area contributed by atoms with Crippen LogP contribution in [0.3, 0.4) is 0 Å². The van der Waals surface area contributed by atoms with Crippen LogP contribution in [0.15, 0.2) is 63.3 Å². The number of hydrogen-bond donors (Lipinski definition) is 0. The number of halogens is 4. The number of alkyl halides is 3. The second-order valence-corrected chi connectivity index (χ2v) is 6.93. The second-order valence-electron chi connectivity index (χ2n) is 4.95. The summed E-state index contributed by atoms with van der Waals surface area (Å²) in [4.78, 5) is -0.812. The Kier molecular flexibility index (Phi) is 5.82. The fraction of sp³-hybridized carbons (Fsp3) is 0.188. The van der Waals surface area contributed by atoms with E-state index in [0.717, 1.165) is 6.07 Å². The third kappa shape index (κ3) is 4.47. The number of benzene rings is 1. The normalized spacial score (nSPS) is 18.3. The smallest absolute Gasteiger partial charge is 0.416 e. The number of rotatable bonds is 4. The van der Waals surface area contributed by atoms with Gasteiger partial charge >= 0.3 is 6.18 Å². The Morgan fingerprint density at radius 1 is 1.27 bits per heavy atom. The van der Waals surface area contributed by atoms with Crippen LogP contribution in [0.1, 0.15) is 12.5 Å². The molecule has 0 radical (unpaired) electrons. The first-order valence-corrected chi connectivity index (χ1v) is 8.99. The summed E-state index contributed by atoms with van der Waals surface area (Å²) in [5, 5.41) is 11.5. The molecule has 0 heterocycles. The second kappa shape index (κ2) is 7.55. The molecule has 10 heteroatoms. The van der Waals surface area contributed by atoms with E-state index in [4.69, 9.17) is 16.3 Å². The van der Waals surface area contributed by atoms with Crippen LogP contribution in [0, 0.1) is 0 Å². The molecule has 1 aliphatic carbocycles. The number of sulfonamides is 1. The minimum atomic E-state index is -4.75. The van der Waals surface area contributed by atoms with E-state index < -0.39 is 37.6 Å². The average Bonchev–Trinajstić information content (AvgIpc) is 2.54. The van der Waals surface area contributed by atoms with Crippen molar-refractivity contribution in [2.24, 2.45) is 4.40 Å². The van der Waals surface area contributed by atoms with E-state index in [2.05, 4.69) is 4.40 Å². The van der Waals surface area contributed by atoms with Crippen molar-refractivity contribution in [1.29, 1.82) is 0 Å². The summed E-state index contributed by atoms with van der Waals surface area (Å²) in [6.07, 6.45) is 0.656. The Morgan fingerprint density at radius 2 is 1.92 bits per heavy atom. The highest BCUT2D eigenvalue weighted by molar-refractivity contribution is 7.90. The van der Waals surface area contributed by atoms with Gasteiger partial charge in [-0.1, -0.05) is 36.8 Å². The zero-order valence-electron chi connectivity index (χ0n) is 13.2. The van der Waals surface area contributed by atoms with Crippen LogP contribution >= 0.6 is 11.6 Å². The molecular weight excluding hydrogens is 395 g/mol. The maximum absolute atomic E-state index is 12.8. The standard InChI is InChI=1S/C16H13ClF3NO4S/c1-2-25-15(22)11-5-3-4-6-13(11)21-26(23,24)14-9-10(16(18,19)20)7-8-12(14)17/h3-9,22H,2H2,1H3/p-1. The molecule has 0 unspecified atom stereocenters. The molecule has 0 saturated heterocycles. The summed E-state index contributed by atoms with van der Waals surface area (Å²) < 4.78 is 71.7. The van der Waals surface area contributed by atoms with Crippen molar-refractivity contribution in [3.63, 3.8) is 0 Å². The molecule has 0 saturated carbocycles. The van der Waals surface area contributed by atoms with Gasteiger partial charge in [-0.2, -0.15) is 26.0 Å². The number of allylic oxidation sites excluding steroid dienone is 5. The quantitative estimate of drug-likeness (QED) is 0.719. The van der Waals surface area contributed by atoms with Crippen molar-refractivity contribution in [1.82, 2.24) is 0 Å².